The van der Waals surface area contributed by atoms with E-state index in [0.29, 0.717) is 5.56 Å². The Hall–Kier alpha value is -3.07. The maximum atomic E-state index is 14.3. The zero-order chi connectivity index (χ0) is 27.0. The second kappa shape index (κ2) is 10.4. The van der Waals surface area contributed by atoms with Crippen molar-refractivity contribution in [2.24, 2.45) is 5.16 Å². The largest absolute Gasteiger partial charge is 0.435 e. The first kappa shape index (κ1) is 27.0. The van der Waals surface area contributed by atoms with Gasteiger partial charge in [-0.15, -0.1) is 0 Å². The number of anilines is 1. The lowest BCUT2D eigenvalue weighted by molar-refractivity contribution is -0.275. The first-order valence-corrected chi connectivity index (χ1v) is 12.0. The van der Waals surface area contributed by atoms with Crippen molar-refractivity contribution in [1.82, 2.24) is 0 Å². The lowest BCUT2D eigenvalue weighted by Crippen LogP contribution is -2.42. The van der Waals surface area contributed by atoms with Crippen LogP contribution in [0.2, 0.25) is 15.1 Å². The Labute approximate surface area is 225 Å². The van der Waals surface area contributed by atoms with Crippen LogP contribution in [0.25, 0.3) is 0 Å². The molecular weight excluding hydrogens is 552 g/mol. The van der Waals surface area contributed by atoms with Crippen LogP contribution in [-0.4, -0.2) is 30.1 Å². The van der Waals surface area contributed by atoms with E-state index in [4.69, 9.17) is 39.6 Å². The predicted octanol–water partition coefficient (Wildman–Crippen LogP) is 7.46. The van der Waals surface area contributed by atoms with Gasteiger partial charge in [0.15, 0.2) is 5.78 Å². The molecule has 1 atom stereocenters. The minimum absolute atomic E-state index is 0.0112. The molecule has 1 aliphatic heterocycles. The minimum atomic E-state index is -4.87. The number of hydrogen-bond donors (Lipinski definition) is 0. The van der Waals surface area contributed by atoms with Crippen molar-refractivity contribution >= 4 is 57.9 Å². The molecule has 0 fully saturated rings. The van der Waals surface area contributed by atoms with Gasteiger partial charge in [0.05, 0.1) is 23.0 Å². The van der Waals surface area contributed by atoms with Crippen LogP contribution < -0.4 is 4.90 Å². The zero-order valence-electron chi connectivity index (χ0n) is 19.2. The Balaban J connectivity index is 1.68. The normalized spacial score (nSPS) is 17.2. The Morgan fingerprint density at radius 2 is 1.65 bits per heavy atom. The average Bonchev–Trinajstić information content (AvgIpc) is 3.30. The third kappa shape index (κ3) is 5.46. The molecule has 0 spiro atoms. The van der Waals surface area contributed by atoms with E-state index in [0.717, 1.165) is 17.0 Å². The summed E-state index contributed by atoms with van der Waals surface area (Å²) in [5, 5.41) is 3.89. The highest BCUT2D eigenvalue weighted by atomic mass is 35.5. The van der Waals surface area contributed by atoms with Crippen molar-refractivity contribution in [2.75, 3.05) is 11.4 Å². The number of alkyl halides is 3. The Morgan fingerprint density at radius 1 is 1.00 bits per heavy atom. The molecule has 3 aromatic carbocycles. The molecule has 1 unspecified atom stereocenters. The van der Waals surface area contributed by atoms with Gasteiger partial charge >= 0.3 is 6.18 Å². The van der Waals surface area contributed by atoms with Crippen LogP contribution in [0.3, 0.4) is 0 Å². The zero-order valence-corrected chi connectivity index (χ0v) is 21.4. The van der Waals surface area contributed by atoms with Crippen molar-refractivity contribution in [3.63, 3.8) is 0 Å². The molecule has 0 bridgehead atoms. The molecule has 5 nitrogen and oxygen atoms in total. The first-order chi connectivity index (χ1) is 17.4. The summed E-state index contributed by atoms with van der Waals surface area (Å²) in [6, 6.07) is 16.2. The highest BCUT2D eigenvalue weighted by Gasteiger charge is 2.62. The number of nitrogens with zero attached hydrogens (tertiary/aromatic N) is 2. The van der Waals surface area contributed by atoms with Gasteiger partial charge in [-0.2, -0.15) is 13.2 Å². The number of hydrogen-bond acceptors (Lipinski definition) is 4. The summed E-state index contributed by atoms with van der Waals surface area (Å²) in [5.74, 6) is -0.820. The van der Waals surface area contributed by atoms with E-state index >= 15 is 0 Å². The van der Waals surface area contributed by atoms with Crippen molar-refractivity contribution in [1.29, 1.82) is 0 Å². The maximum absolute atomic E-state index is 14.3. The number of oxime groups is 1. The first-order valence-electron chi connectivity index (χ1n) is 10.9. The van der Waals surface area contributed by atoms with Gasteiger partial charge in [0, 0.05) is 40.1 Å². The molecule has 0 saturated heterocycles. The Bertz CT molecular complexity index is 1380. The van der Waals surface area contributed by atoms with Crippen LogP contribution >= 0.6 is 34.8 Å². The van der Waals surface area contributed by atoms with Gasteiger partial charge in [-0.1, -0.05) is 76.4 Å². The van der Waals surface area contributed by atoms with Gasteiger partial charge in [-0.05, 0) is 30.3 Å². The van der Waals surface area contributed by atoms with Crippen LogP contribution in [-0.2, 0) is 15.2 Å². The lowest BCUT2D eigenvalue weighted by atomic mass is 9.86. The average molecular weight is 570 g/mol. The van der Waals surface area contributed by atoms with Crippen LogP contribution in [0, 0.1) is 0 Å². The standard InChI is InChI=1S/C26H18Cl3F3N2O3/c1-15(35)34(14-24(36)16-5-3-2-4-6-16)23-9-17(7-8-21(23)29)22-13-25(37-33-22,26(30,31)32)18-10-19(27)12-20(28)11-18/h2-12H,13-14H2,1H3. The number of ketones is 1. The summed E-state index contributed by atoms with van der Waals surface area (Å²) < 4.78 is 43.0. The number of halogens is 6. The van der Waals surface area contributed by atoms with E-state index < -0.39 is 24.1 Å². The van der Waals surface area contributed by atoms with Crippen molar-refractivity contribution in [2.45, 2.75) is 25.1 Å². The molecule has 3 aromatic rings. The molecule has 4 rings (SSSR count). The molecule has 0 aromatic heterocycles. The van der Waals surface area contributed by atoms with E-state index in [-0.39, 0.29) is 49.9 Å². The Kier molecular flexibility index (Phi) is 7.55. The van der Waals surface area contributed by atoms with Gasteiger partial charge in [-0.25, -0.2) is 0 Å². The molecule has 1 heterocycles. The quantitative estimate of drug-likeness (QED) is 0.290. The SMILES string of the molecule is CC(=O)N(CC(=O)c1ccccc1)c1cc(C2=NOC(c3cc(Cl)cc(Cl)c3)(C(F)(F)F)C2)ccc1Cl. The van der Waals surface area contributed by atoms with E-state index in [1.54, 1.807) is 30.3 Å². The summed E-state index contributed by atoms with van der Waals surface area (Å²) in [7, 11) is 0. The molecule has 192 valence electrons. The summed E-state index contributed by atoms with van der Waals surface area (Å²) in [4.78, 5) is 31.4. The molecule has 0 saturated carbocycles. The van der Waals surface area contributed by atoms with E-state index in [2.05, 4.69) is 5.16 Å². The fraction of sp³-hybridized carbons (Fsp3) is 0.192. The van der Waals surface area contributed by atoms with Gasteiger partial charge in [0.25, 0.3) is 5.60 Å². The monoisotopic (exact) mass is 568 g/mol. The van der Waals surface area contributed by atoms with Crippen molar-refractivity contribution < 1.29 is 27.6 Å². The van der Waals surface area contributed by atoms with E-state index in [9.17, 15) is 22.8 Å². The summed E-state index contributed by atoms with van der Waals surface area (Å²) in [6.45, 7) is 0.939. The van der Waals surface area contributed by atoms with Gasteiger partial charge < -0.3 is 9.74 Å². The molecule has 1 amide bonds. The Morgan fingerprint density at radius 3 is 2.24 bits per heavy atom. The third-order valence-electron chi connectivity index (χ3n) is 5.86. The number of amides is 1. The number of rotatable bonds is 6. The number of Topliss-reactive ketones (excluding diaryl/α,β-unsaturated/α-hetero) is 1. The lowest BCUT2D eigenvalue weighted by Gasteiger charge is -2.29. The maximum Gasteiger partial charge on any atom is 0.435 e. The molecule has 0 aliphatic carbocycles. The van der Waals surface area contributed by atoms with Crippen LogP contribution in [0.5, 0.6) is 0 Å². The van der Waals surface area contributed by atoms with Gasteiger partial charge in [0.2, 0.25) is 5.91 Å². The smallest absolute Gasteiger partial charge is 0.374 e. The van der Waals surface area contributed by atoms with Crippen molar-refractivity contribution in [3.05, 3.63) is 98.5 Å². The van der Waals surface area contributed by atoms with Crippen LogP contribution in [0.15, 0.2) is 71.9 Å². The molecule has 1 aliphatic rings. The summed E-state index contributed by atoms with van der Waals surface area (Å²) in [6.07, 6.45) is -5.55. The number of carbonyl (C=O) groups is 2. The fourth-order valence-electron chi connectivity index (χ4n) is 3.97. The molecule has 37 heavy (non-hydrogen) atoms. The second-order valence-corrected chi connectivity index (χ2v) is 9.63. The number of carbonyl (C=O) groups excluding carboxylic acids is 2. The fourth-order valence-corrected chi connectivity index (χ4v) is 4.72. The van der Waals surface area contributed by atoms with Crippen LogP contribution in [0.1, 0.15) is 34.8 Å². The van der Waals surface area contributed by atoms with Gasteiger partial charge in [0.1, 0.15) is 0 Å². The highest BCUT2D eigenvalue weighted by Crippen LogP contribution is 2.50. The van der Waals surface area contributed by atoms with E-state index in [1.165, 1.54) is 31.2 Å². The summed E-state index contributed by atoms with van der Waals surface area (Å²) in [5.41, 5.74) is -2.38. The molecule has 0 N–H and O–H groups in total. The molecular formula is C26H18Cl3F3N2O3. The van der Waals surface area contributed by atoms with E-state index in [1.807, 2.05) is 0 Å². The third-order valence-corrected chi connectivity index (χ3v) is 6.62. The highest BCUT2D eigenvalue weighted by molar-refractivity contribution is 6.35. The molecule has 11 heteroatoms. The van der Waals surface area contributed by atoms with Crippen molar-refractivity contribution in [3.8, 4) is 0 Å². The minimum Gasteiger partial charge on any atom is -0.374 e. The van der Waals surface area contributed by atoms with Crippen LogP contribution in [0.4, 0.5) is 18.9 Å². The predicted molar refractivity (Wildman–Crippen MR) is 137 cm³/mol. The molecule has 0 radical (unpaired) electrons. The summed E-state index contributed by atoms with van der Waals surface area (Å²) >= 11 is 18.3. The van der Waals surface area contributed by atoms with Gasteiger partial charge in [-0.3, -0.25) is 9.59 Å². The topological polar surface area (TPSA) is 59.0 Å². The number of benzene rings is 3. The second-order valence-electron chi connectivity index (χ2n) is 8.35.